The van der Waals surface area contributed by atoms with Gasteiger partial charge in [-0.2, -0.15) is 0 Å². The first-order valence-electron chi connectivity index (χ1n) is 67.5. The van der Waals surface area contributed by atoms with Gasteiger partial charge in [0.25, 0.3) is 0 Å². The van der Waals surface area contributed by atoms with Crippen LogP contribution in [0, 0.1) is 0 Å². The molecule has 678 valence electrons. The molecule has 6 nitrogen and oxygen atoms in total. The van der Waals surface area contributed by atoms with Gasteiger partial charge >= 0.3 is 0 Å². The maximum absolute atomic E-state index is 9.48. The van der Waals surface area contributed by atoms with E-state index in [0.717, 1.165) is 71.8 Å². The van der Waals surface area contributed by atoms with Gasteiger partial charge in [0.2, 0.25) is 0 Å². The zero-order chi connectivity index (χ0) is 134. The predicted molar refractivity (Wildman–Crippen MR) is 607 cm³/mol. The first-order valence-corrected chi connectivity index (χ1v) is 45.5. The number of hydrogen-bond donors (Lipinski definition) is 0. The number of anilines is 9. The first-order chi connectivity index (χ1) is 89.7. The average molecular weight is 1890 g/mol. The molecule has 0 saturated carbocycles. The number of nitrogens with zero attached hydrogens (tertiary/aromatic N) is 3. The van der Waals surface area contributed by atoms with Crippen LogP contribution in [0.4, 0.5) is 51.2 Å². The molecule has 0 unspecified atom stereocenters. The van der Waals surface area contributed by atoms with E-state index in [-0.39, 0.29) is 118 Å². The second kappa shape index (κ2) is 38.3. The standard InChI is InChI=1S/C50H33NO.C46H31NO.C42H29NO/c1-3-10-39-32-41(18-16-34(39)8-1)36-20-26-43(27-21-36)51(44-28-22-37(23-29-44)42-19-17-35-9-2-4-11-40(35)33-42)45-30-24-38(25-31-45)46-13-7-15-49-50(46)47-12-5-6-14-48(47)52-49;1-2-10-32(11-3-1)33-20-26-37(27-21-33)47(38-28-22-35(23-29-38)41-16-8-13-34-12-4-5-14-40(34)41)39-30-24-36(25-31-39)42-17-9-19-45-46(42)43-15-6-7-18-44(43)48-45;1-4-13-30(14-5-1)32-23-25-35(26-24-32)43(36-20-12-19-34(29-36)31-15-6-2-7-16-31)39-28-27-37(33-17-8-3-9-18-33)42-41(39)38-21-10-11-22-40(38)44-42/h1-33H;1-31H;1-29H/i1D,2D,3D,4D,8D,9D,10D,11D,16D,17D,18D,19D,32D,33D;1D,2D,3D,4D,5D,8D,10D,11D,12D,13D,14D,16D,20D,21D,26D,27D;1D,3D,4D,5D,8D,9D,13D,14D,17D,18D,23D,24D,25D,26D. The van der Waals surface area contributed by atoms with Gasteiger partial charge in [-0.25, -0.2) is 0 Å². The molecule has 0 aliphatic rings. The summed E-state index contributed by atoms with van der Waals surface area (Å²) in [5.41, 5.74) is 10.7. The molecular weight excluding hydrogens is 1750 g/mol. The third kappa shape index (κ3) is 17.0. The monoisotopic (exact) mass is 1880 g/mol. The van der Waals surface area contributed by atoms with Gasteiger partial charge in [0.05, 0.1) is 71.4 Å². The Labute approximate surface area is 897 Å². The molecule has 0 N–H and O–H groups in total. The van der Waals surface area contributed by atoms with Gasteiger partial charge in [0.15, 0.2) is 0 Å². The third-order valence-electron chi connectivity index (χ3n) is 24.6. The summed E-state index contributed by atoms with van der Waals surface area (Å²) in [5.74, 6) is 0. The zero-order valence-electron chi connectivity index (χ0n) is 119. The van der Waals surface area contributed by atoms with Crippen molar-refractivity contribution in [2.75, 3.05) is 14.7 Å². The number of para-hydroxylation sites is 3. The van der Waals surface area contributed by atoms with E-state index in [9.17, 15) is 8.22 Å². The van der Waals surface area contributed by atoms with Crippen LogP contribution in [0.2, 0.25) is 0 Å². The largest absolute Gasteiger partial charge is 0.456 e. The molecule has 0 atom stereocenters. The van der Waals surface area contributed by atoms with Crippen LogP contribution in [0.15, 0.2) is 576 Å². The lowest BCUT2D eigenvalue weighted by Gasteiger charge is -2.27. The molecule has 0 radical (unpaired) electrons. The van der Waals surface area contributed by atoms with Crippen molar-refractivity contribution < 1.29 is 73.6 Å². The second-order valence-electron chi connectivity index (χ2n) is 33.1. The van der Waals surface area contributed by atoms with Crippen molar-refractivity contribution in [3.63, 3.8) is 0 Å². The molecule has 0 fully saturated rings. The lowest BCUT2D eigenvalue weighted by Crippen LogP contribution is -2.10. The van der Waals surface area contributed by atoms with E-state index in [1.807, 2.05) is 169 Å². The van der Waals surface area contributed by atoms with E-state index >= 15 is 0 Å². The van der Waals surface area contributed by atoms with Crippen LogP contribution in [-0.4, -0.2) is 0 Å². The van der Waals surface area contributed by atoms with E-state index in [2.05, 4.69) is 0 Å². The Bertz CT molecular complexity index is 12000. The molecule has 0 aliphatic heterocycles. The third-order valence-corrected chi connectivity index (χ3v) is 24.6. The summed E-state index contributed by atoms with van der Waals surface area (Å²) >= 11 is 0. The molecule has 6 heteroatoms. The molecule has 0 spiro atoms. The number of fused-ring (bicyclic) bond motifs is 12. The molecule has 27 aromatic rings. The summed E-state index contributed by atoms with van der Waals surface area (Å²) in [6, 6.07) is 64.7. The van der Waals surface area contributed by atoms with Crippen molar-refractivity contribution in [3.05, 3.63) is 563 Å². The fraction of sp³-hybridized carbons (Fsp3) is 0. The minimum absolute atomic E-state index is 0.0152. The van der Waals surface area contributed by atoms with Crippen LogP contribution in [-0.2, 0) is 0 Å². The van der Waals surface area contributed by atoms with Crippen molar-refractivity contribution in [2.45, 2.75) is 0 Å². The molecule has 27 rings (SSSR count). The van der Waals surface area contributed by atoms with E-state index in [4.69, 9.17) is 65.3 Å². The van der Waals surface area contributed by atoms with Crippen LogP contribution in [0.25, 0.3) is 198 Å². The van der Waals surface area contributed by atoms with E-state index in [1.165, 1.54) is 28.0 Å². The molecule has 0 saturated heterocycles. The van der Waals surface area contributed by atoms with Gasteiger partial charge in [0, 0.05) is 78.0 Å². The van der Waals surface area contributed by atoms with Crippen LogP contribution in [0.1, 0.15) is 60.3 Å². The molecular formula is C138H93N3O3. The van der Waals surface area contributed by atoms with Crippen molar-refractivity contribution in [2.24, 2.45) is 0 Å². The van der Waals surface area contributed by atoms with Crippen LogP contribution >= 0.6 is 0 Å². The Hall–Kier alpha value is -19.1. The molecule has 0 aliphatic carbocycles. The Morgan fingerprint density at radius 3 is 1.01 bits per heavy atom. The second-order valence-corrected chi connectivity index (χ2v) is 33.1. The molecule has 3 heterocycles. The lowest BCUT2D eigenvalue weighted by molar-refractivity contribution is 0.668. The maximum Gasteiger partial charge on any atom is 0.145 e. The van der Waals surface area contributed by atoms with Crippen molar-refractivity contribution in [1.82, 2.24) is 0 Å². The average Bonchev–Trinajstić information content (AvgIpc) is 1.53. The van der Waals surface area contributed by atoms with Crippen molar-refractivity contribution >= 4 is 149 Å². The number of furan rings is 3. The highest BCUT2D eigenvalue weighted by molar-refractivity contribution is 6.18. The smallest absolute Gasteiger partial charge is 0.145 e. The van der Waals surface area contributed by atoms with E-state index in [0.29, 0.717) is 61.4 Å². The Kier molecular flexibility index (Phi) is 13.7. The summed E-state index contributed by atoms with van der Waals surface area (Å²) < 4.78 is 399. The summed E-state index contributed by atoms with van der Waals surface area (Å²) in [6.07, 6.45) is 0. The highest BCUT2D eigenvalue weighted by Gasteiger charge is 2.26. The number of hydrogen-bond acceptors (Lipinski definition) is 6. The lowest BCUT2D eigenvalue weighted by atomic mass is 9.97. The van der Waals surface area contributed by atoms with Gasteiger partial charge in [-0.05, 0) is 278 Å². The minimum atomic E-state index is -0.702. The minimum Gasteiger partial charge on any atom is -0.456 e. The Morgan fingerprint density at radius 2 is 0.514 bits per heavy atom. The molecule has 144 heavy (non-hydrogen) atoms. The van der Waals surface area contributed by atoms with Gasteiger partial charge < -0.3 is 28.0 Å². The van der Waals surface area contributed by atoms with E-state index < -0.39 is 264 Å². The number of benzene rings is 24. The van der Waals surface area contributed by atoms with Crippen LogP contribution in [0.5, 0.6) is 0 Å². The summed E-state index contributed by atoms with van der Waals surface area (Å²) in [5, 5.41) is 3.70. The summed E-state index contributed by atoms with van der Waals surface area (Å²) in [7, 11) is 0. The first kappa shape index (κ1) is 51.5. The fourth-order valence-electron chi connectivity index (χ4n) is 17.9. The number of rotatable bonds is 18. The van der Waals surface area contributed by atoms with Crippen molar-refractivity contribution in [1.29, 1.82) is 0 Å². The quantitative estimate of drug-likeness (QED) is 0.0853. The molecule has 3 aromatic heterocycles. The summed E-state index contributed by atoms with van der Waals surface area (Å²) in [6.45, 7) is 0. The molecule has 0 bridgehead atoms. The van der Waals surface area contributed by atoms with Gasteiger partial charge in [0.1, 0.15) is 33.5 Å². The normalized spacial score (nSPS) is 15.6. The van der Waals surface area contributed by atoms with Gasteiger partial charge in [-0.15, -0.1) is 0 Å². The highest BCUT2D eigenvalue weighted by Crippen LogP contribution is 2.50. The summed E-state index contributed by atoms with van der Waals surface area (Å²) in [4.78, 5) is 4.93. The molecule has 0 amide bonds. The van der Waals surface area contributed by atoms with E-state index in [1.54, 1.807) is 115 Å². The Balaban J connectivity index is 0.000000138. The van der Waals surface area contributed by atoms with Gasteiger partial charge in [-0.1, -0.05) is 412 Å². The zero-order valence-corrected chi connectivity index (χ0v) is 75.4. The fourth-order valence-corrected chi connectivity index (χ4v) is 17.9. The van der Waals surface area contributed by atoms with Crippen LogP contribution < -0.4 is 14.7 Å². The SMILES string of the molecule is [2H]c1c([2H])c([2H])c(-c2c([2H])c([2H])c(N(c3ccc(-c4c([2H])c([2H])c([2H])c5c([2H])c([2H])c([2H])c([2H])c45)cc3)c3ccc(-c4cccc5oc6ccccc6c45)cc3)c([2H])c2[2H])c([2H])c1[2H].[2H]c1c([2H])c([2H])c(-c2c([2H])c([2H])c(N(c3cccc(-c4ccccc4)c3)c3ccc(-c4c([2H])c([2H])c([2H])c([2H])c4[2H])c4oc5ccccc5c34)c([2H])c2[2H])c([2H])c1[2H].[2H]c1c([2H])c([2H])c2c([2H])c(-c3ccc(N(c4ccc(-c5c([2H])c([2H])c6c([2H])c([2H])c([2H])c([2H])c6c5[2H])cc4)c4ccc(-c5cccc6oc7ccccc7c56)cc4)cc3)c([2H])c([2H])c2c1[2H]. The highest BCUT2D eigenvalue weighted by atomic mass is 16.3. The molecule has 24 aromatic carbocycles. The topological polar surface area (TPSA) is 49.1 Å². The van der Waals surface area contributed by atoms with Crippen LogP contribution in [0.3, 0.4) is 0 Å². The Morgan fingerprint density at radius 1 is 0.160 bits per heavy atom. The predicted octanol–water partition coefficient (Wildman–Crippen LogP) is 39.6. The van der Waals surface area contributed by atoms with Crippen molar-refractivity contribution in [3.8, 4) is 100 Å². The maximum atomic E-state index is 9.48. The van der Waals surface area contributed by atoms with Gasteiger partial charge in [-0.3, -0.25) is 0 Å².